The molecule has 1 saturated heterocycles. The second-order valence-corrected chi connectivity index (χ2v) is 3.89. The summed E-state index contributed by atoms with van der Waals surface area (Å²) in [6, 6.07) is 0. The number of carboxylic acid groups (broad SMARTS) is 1. The summed E-state index contributed by atoms with van der Waals surface area (Å²) >= 11 is 0. The molecular weight excluding hydrogens is 226 g/mol. The van der Waals surface area contributed by atoms with Crippen LogP contribution >= 0.6 is 0 Å². The first-order valence-corrected chi connectivity index (χ1v) is 5.36. The lowest BCUT2D eigenvalue weighted by Crippen LogP contribution is -2.56. The Balaban J connectivity index is 2.84. The van der Waals surface area contributed by atoms with Crippen LogP contribution in [-0.2, 0) is 14.3 Å². The first-order valence-electron chi connectivity index (χ1n) is 5.36. The molecule has 1 aliphatic rings. The van der Waals surface area contributed by atoms with Crippen LogP contribution in [0.5, 0.6) is 0 Å². The minimum Gasteiger partial charge on any atom is -0.479 e. The first-order chi connectivity index (χ1) is 8.08. The van der Waals surface area contributed by atoms with Crippen molar-refractivity contribution in [2.24, 2.45) is 0 Å². The van der Waals surface area contributed by atoms with Gasteiger partial charge >= 0.3 is 12.1 Å². The van der Waals surface area contributed by atoms with E-state index in [-0.39, 0.29) is 13.2 Å². The Bertz CT molecular complexity index is 317. The number of ether oxygens (including phenoxy) is 2. The molecule has 1 atom stereocenters. The lowest BCUT2D eigenvalue weighted by Gasteiger charge is -2.33. The Hall–Kier alpha value is -1.56. The smallest absolute Gasteiger partial charge is 0.411 e. The molecule has 1 N–H and O–H groups in total. The van der Waals surface area contributed by atoms with Gasteiger partial charge in [0.2, 0.25) is 0 Å². The molecule has 1 amide bonds. The maximum Gasteiger partial charge on any atom is 0.411 e. The maximum atomic E-state index is 11.7. The predicted octanol–water partition coefficient (Wildman–Crippen LogP) is 0.875. The van der Waals surface area contributed by atoms with E-state index in [1.54, 1.807) is 0 Å². The summed E-state index contributed by atoms with van der Waals surface area (Å²) in [5, 5.41) is 9.29. The van der Waals surface area contributed by atoms with Gasteiger partial charge in [-0.3, -0.25) is 4.90 Å². The zero-order chi connectivity index (χ0) is 12.9. The molecule has 0 saturated carbocycles. The zero-order valence-electron chi connectivity index (χ0n) is 9.85. The fourth-order valence-electron chi connectivity index (χ4n) is 2.03. The zero-order valence-corrected chi connectivity index (χ0v) is 9.85. The molecule has 0 aromatic carbocycles. The Labute approximate surface area is 99.8 Å². The summed E-state index contributed by atoms with van der Waals surface area (Å²) in [6.45, 7) is 3.83. The lowest BCUT2D eigenvalue weighted by molar-refractivity contribution is -0.152. The third-order valence-electron chi connectivity index (χ3n) is 2.82. The van der Waals surface area contributed by atoms with E-state index in [0.29, 0.717) is 19.4 Å². The number of amides is 1. The fraction of sp³-hybridized carbons (Fsp3) is 0.636. The van der Waals surface area contributed by atoms with Crippen molar-refractivity contribution < 1.29 is 24.2 Å². The van der Waals surface area contributed by atoms with Gasteiger partial charge in [-0.1, -0.05) is 12.7 Å². The van der Waals surface area contributed by atoms with Crippen LogP contribution in [0.3, 0.4) is 0 Å². The van der Waals surface area contributed by atoms with Crippen molar-refractivity contribution >= 4 is 12.1 Å². The third kappa shape index (κ3) is 2.58. The lowest BCUT2D eigenvalue weighted by atomic mass is 9.98. The SMILES string of the molecule is C=CCOC(=O)N1CCCC1(COC)C(=O)O. The molecule has 1 heterocycles. The van der Waals surface area contributed by atoms with Crippen LogP contribution < -0.4 is 0 Å². The molecule has 1 unspecified atom stereocenters. The molecule has 17 heavy (non-hydrogen) atoms. The van der Waals surface area contributed by atoms with Gasteiger partial charge in [0.25, 0.3) is 0 Å². The minimum absolute atomic E-state index is 0.0362. The fourth-order valence-corrected chi connectivity index (χ4v) is 2.03. The average Bonchev–Trinajstić information content (AvgIpc) is 2.71. The van der Waals surface area contributed by atoms with E-state index < -0.39 is 17.6 Å². The average molecular weight is 243 g/mol. The van der Waals surface area contributed by atoms with Crippen LogP contribution in [0.1, 0.15) is 12.8 Å². The van der Waals surface area contributed by atoms with E-state index in [1.807, 2.05) is 0 Å². The van der Waals surface area contributed by atoms with Crippen molar-refractivity contribution in [3.8, 4) is 0 Å². The van der Waals surface area contributed by atoms with E-state index in [9.17, 15) is 14.7 Å². The third-order valence-corrected chi connectivity index (χ3v) is 2.82. The van der Waals surface area contributed by atoms with Crippen molar-refractivity contribution in [3.05, 3.63) is 12.7 Å². The number of carbonyl (C=O) groups is 2. The number of carbonyl (C=O) groups excluding carboxylic acids is 1. The molecule has 0 radical (unpaired) electrons. The highest BCUT2D eigenvalue weighted by Crippen LogP contribution is 2.30. The van der Waals surface area contributed by atoms with Gasteiger partial charge in [-0.25, -0.2) is 9.59 Å². The van der Waals surface area contributed by atoms with Gasteiger partial charge in [0.15, 0.2) is 5.54 Å². The van der Waals surface area contributed by atoms with Crippen molar-refractivity contribution in [1.82, 2.24) is 4.90 Å². The molecule has 0 aromatic rings. The Morgan fingerprint density at radius 1 is 1.59 bits per heavy atom. The molecule has 0 spiro atoms. The summed E-state index contributed by atoms with van der Waals surface area (Å²) in [5.74, 6) is -1.06. The van der Waals surface area contributed by atoms with Crippen molar-refractivity contribution in [3.63, 3.8) is 0 Å². The number of hydrogen-bond acceptors (Lipinski definition) is 4. The second-order valence-electron chi connectivity index (χ2n) is 3.89. The van der Waals surface area contributed by atoms with Crippen molar-refractivity contribution in [2.45, 2.75) is 18.4 Å². The van der Waals surface area contributed by atoms with Gasteiger partial charge < -0.3 is 14.6 Å². The second kappa shape index (κ2) is 5.67. The molecule has 0 bridgehead atoms. The number of carboxylic acids is 1. The number of nitrogens with zero attached hydrogens (tertiary/aromatic N) is 1. The van der Waals surface area contributed by atoms with Crippen LogP contribution in [0.4, 0.5) is 4.79 Å². The van der Waals surface area contributed by atoms with Gasteiger partial charge in [0.1, 0.15) is 6.61 Å². The highest BCUT2D eigenvalue weighted by molar-refractivity contribution is 5.85. The summed E-state index contributed by atoms with van der Waals surface area (Å²) in [4.78, 5) is 24.3. The number of likely N-dealkylation sites (tertiary alicyclic amines) is 1. The van der Waals surface area contributed by atoms with Gasteiger partial charge in [-0.05, 0) is 12.8 Å². The Morgan fingerprint density at radius 3 is 2.82 bits per heavy atom. The van der Waals surface area contributed by atoms with Crippen LogP contribution in [0.15, 0.2) is 12.7 Å². The molecule has 1 rings (SSSR count). The van der Waals surface area contributed by atoms with Crippen LogP contribution in [0.2, 0.25) is 0 Å². The largest absolute Gasteiger partial charge is 0.479 e. The number of aliphatic carboxylic acids is 1. The van der Waals surface area contributed by atoms with Crippen LogP contribution in [0, 0.1) is 0 Å². The molecule has 0 aromatic heterocycles. The van der Waals surface area contributed by atoms with E-state index >= 15 is 0 Å². The van der Waals surface area contributed by atoms with Gasteiger partial charge in [-0.15, -0.1) is 0 Å². The molecule has 96 valence electrons. The van der Waals surface area contributed by atoms with E-state index in [0.717, 1.165) is 0 Å². The number of methoxy groups -OCH3 is 1. The molecule has 1 fully saturated rings. The summed E-state index contributed by atoms with van der Waals surface area (Å²) in [5.41, 5.74) is -1.30. The molecule has 6 nitrogen and oxygen atoms in total. The first kappa shape index (κ1) is 13.5. The Morgan fingerprint density at radius 2 is 2.29 bits per heavy atom. The summed E-state index contributed by atoms with van der Waals surface area (Å²) in [7, 11) is 1.41. The van der Waals surface area contributed by atoms with Crippen molar-refractivity contribution in [1.29, 1.82) is 0 Å². The van der Waals surface area contributed by atoms with Crippen LogP contribution in [0.25, 0.3) is 0 Å². The van der Waals surface area contributed by atoms with Gasteiger partial charge in [0, 0.05) is 13.7 Å². The highest BCUT2D eigenvalue weighted by atomic mass is 16.6. The Kier molecular flexibility index (Phi) is 4.51. The molecule has 0 aliphatic carbocycles. The standard InChI is InChI=1S/C11H17NO5/c1-3-7-17-10(15)12-6-4-5-11(12,8-16-2)9(13)14/h3H,1,4-8H2,2H3,(H,13,14). The van der Waals surface area contributed by atoms with Crippen molar-refractivity contribution in [2.75, 3.05) is 26.9 Å². The maximum absolute atomic E-state index is 11.7. The highest BCUT2D eigenvalue weighted by Gasteiger charge is 2.50. The van der Waals surface area contributed by atoms with E-state index in [1.165, 1.54) is 18.1 Å². The van der Waals surface area contributed by atoms with Gasteiger partial charge in [0.05, 0.1) is 6.61 Å². The number of hydrogen-bond donors (Lipinski definition) is 1. The topological polar surface area (TPSA) is 76.1 Å². The van der Waals surface area contributed by atoms with Crippen LogP contribution in [-0.4, -0.2) is 54.5 Å². The predicted molar refractivity (Wildman–Crippen MR) is 59.7 cm³/mol. The molecule has 1 aliphatic heterocycles. The van der Waals surface area contributed by atoms with Gasteiger partial charge in [-0.2, -0.15) is 0 Å². The summed E-state index contributed by atoms with van der Waals surface area (Å²) in [6.07, 6.45) is 1.80. The summed E-state index contributed by atoms with van der Waals surface area (Å²) < 4.78 is 9.80. The van der Waals surface area contributed by atoms with E-state index in [4.69, 9.17) is 9.47 Å². The quantitative estimate of drug-likeness (QED) is 0.725. The monoisotopic (exact) mass is 243 g/mol. The molecular formula is C11H17NO5. The number of rotatable bonds is 5. The molecule has 6 heteroatoms. The van der Waals surface area contributed by atoms with E-state index in [2.05, 4.69) is 6.58 Å². The minimum atomic E-state index is -1.30. The normalized spacial score (nSPS) is 23.5.